The van der Waals surface area contributed by atoms with E-state index in [9.17, 15) is 9.59 Å². The fraction of sp³-hybridized carbons (Fsp3) is 0.391. The largest absolute Gasteiger partial charge is 0.491 e. The molecule has 1 aliphatic heterocycles. The Balaban J connectivity index is 1.39. The van der Waals surface area contributed by atoms with Crippen LogP contribution in [0.1, 0.15) is 47.7 Å². The zero-order valence-corrected chi connectivity index (χ0v) is 16.2. The topological polar surface area (TPSA) is 73.9 Å². The molecule has 4 rings (SSSR count). The molecule has 6 heteroatoms. The van der Waals surface area contributed by atoms with Gasteiger partial charge >= 0.3 is 5.97 Å². The summed E-state index contributed by atoms with van der Waals surface area (Å²) in [6.45, 7) is 1.29. The maximum atomic E-state index is 12.6. The van der Waals surface area contributed by atoms with E-state index in [4.69, 9.17) is 14.2 Å². The van der Waals surface area contributed by atoms with E-state index in [1.807, 2.05) is 18.2 Å². The molecular formula is C23H25NO5. The van der Waals surface area contributed by atoms with Crippen molar-refractivity contribution < 1.29 is 23.8 Å². The summed E-state index contributed by atoms with van der Waals surface area (Å²) in [7, 11) is 0. The Labute approximate surface area is 170 Å². The molecule has 2 fully saturated rings. The van der Waals surface area contributed by atoms with Crippen LogP contribution in [0.15, 0.2) is 54.6 Å². The fourth-order valence-electron chi connectivity index (χ4n) is 3.23. The summed E-state index contributed by atoms with van der Waals surface area (Å²) in [5.41, 5.74) is 1.02. The molecule has 0 spiro atoms. The van der Waals surface area contributed by atoms with Crippen LogP contribution in [0.25, 0.3) is 0 Å². The number of carbonyl (C=O) groups excluding carboxylic acids is 2. The Hall–Kier alpha value is -2.86. The summed E-state index contributed by atoms with van der Waals surface area (Å²) in [6.07, 6.45) is 3.17. The lowest BCUT2D eigenvalue weighted by Gasteiger charge is -2.18. The van der Waals surface area contributed by atoms with Crippen LogP contribution in [-0.2, 0) is 14.3 Å². The van der Waals surface area contributed by atoms with Crippen LogP contribution in [-0.4, -0.2) is 37.2 Å². The molecule has 0 unspecified atom stereocenters. The van der Waals surface area contributed by atoms with Gasteiger partial charge in [0.2, 0.25) is 6.10 Å². The lowest BCUT2D eigenvalue weighted by Crippen LogP contribution is -2.33. The Morgan fingerprint density at radius 2 is 1.79 bits per heavy atom. The molecule has 2 aromatic rings. The maximum absolute atomic E-state index is 12.6. The lowest BCUT2D eigenvalue weighted by atomic mass is 10.1. The highest BCUT2D eigenvalue weighted by atomic mass is 16.5. The van der Waals surface area contributed by atoms with Crippen LogP contribution in [0, 0.1) is 0 Å². The molecule has 152 valence electrons. The third-order valence-corrected chi connectivity index (χ3v) is 5.04. The Bertz CT molecular complexity index is 826. The van der Waals surface area contributed by atoms with Crippen LogP contribution >= 0.6 is 0 Å². The van der Waals surface area contributed by atoms with E-state index in [1.54, 1.807) is 36.4 Å². The van der Waals surface area contributed by atoms with E-state index < -0.39 is 12.1 Å². The van der Waals surface area contributed by atoms with Crippen molar-refractivity contribution in [3.05, 3.63) is 65.7 Å². The number of benzene rings is 2. The van der Waals surface area contributed by atoms with Gasteiger partial charge in [0.05, 0.1) is 11.7 Å². The molecule has 2 aliphatic rings. The number of hydrogen-bond acceptors (Lipinski definition) is 5. The first-order chi connectivity index (χ1) is 14.2. The van der Waals surface area contributed by atoms with Gasteiger partial charge in [0.15, 0.2) is 0 Å². The summed E-state index contributed by atoms with van der Waals surface area (Å²) < 4.78 is 16.8. The number of ether oxygens (including phenoxy) is 3. The molecule has 6 nitrogen and oxygen atoms in total. The Kier molecular flexibility index (Phi) is 6.10. The second-order valence-corrected chi connectivity index (χ2v) is 7.45. The second kappa shape index (κ2) is 9.09. The highest BCUT2D eigenvalue weighted by Crippen LogP contribution is 2.24. The van der Waals surface area contributed by atoms with E-state index in [0.29, 0.717) is 23.5 Å². The van der Waals surface area contributed by atoms with Gasteiger partial charge in [-0.3, -0.25) is 4.79 Å². The molecule has 2 atom stereocenters. The van der Waals surface area contributed by atoms with Crippen molar-refractivity contribution in [3.63, 3.8) is 0 Å². The summed E-state index contributed by atoms with van der Waals surface area (Å²) in [5, 5.41) is 2.91. The van der Waals surface area contributed by atoms with Crippen molar-refractivity contribution in [2.75, 3.05) is 13.2 Å². The summed E-state index contributed by atoms with van der Waals surface area (Å²) in [5.74, 6) is -0.165. The minimum absolute atomic E-state index is 0.135. The van der Waals surface area contributed by atoms with E-state index >= 15 is 0 Å². The standard InChI is InChI=1S/C23H25NO5/c25-22(24-18-10-11-18)21(16-5-2-1-3-6-16)29-23(26)17-8-12-19(13-9-17)28-15-20-7-4-14-27-20/h1-3,5-6,8-9,12-13,18,20-21H,4,7,10-11,14-15H2,(H,24,25)/t20-,21-/m0/s1. The smallest absolute Gasteiger partial charge is 0.339 e. The van der Waals surface area contributed by atoms with E-state index in [-0.39, 0.29) is 18.1 Å². The first-order valence-corrected chi connectivity index (χ1v) is 10.1. The minimum Gasteiger partial charge on any atom is -0.491 e. The molecule has 1 saturated heterocycles. The van der Waals surface area contributed by atoms with Crippen LogP contribution in [0.3, 0.4) is 0 Å². The predicted molar refractivity (Wildman–Crippen MR) is 107 cm³/mol. The van der Waals surface area contributed by atoms with Crippen molar-refractivity contribution in [1.82, 2.24) is 5.32 Å². The van der Waals surface area contributed by atoms with Crippen LogP contribution in [0.5, 0.6) is 5.75 Å². The molecule has 1 amide bonds. The molecule has 0 radical (unpaired) electrons. The van der Waals surface area contributed by atoms with Crippen LogP contribution in [0.2, 0.25) is 0 Å². The molecule has 29 heavy (non-hydrogen) atoms. The average molecular weight is 395 g/mol. The minimum atomic E-state index is -0.972. The SMILES string of the molecule is O=C(O[C@H](C(=O)NC1CC1)c1ccccc1)c1ccc(OC[C@@H]2CCCO2)cc1. The second-order valence-electron chi connectivity index (χ2n) is 7.45. The maximum Gasteiger partial charge on any atom is 0.339 e. The summed E-state index contributed by atoms with van der Waals surface area (Å²) in [6, 6.07) is 16.0. The third kappa shape index (κ3) is 5.35. The van der Waals surface area contributed by atoms with Crippen molar-refractivity contribution in [3.8, 4) is 5.75 Å². The van der Waals surface area contributed by atoms with E-state index in [1.165, 1.54) is 0 Å². The molecular weight excluding hydrogens is 370 g/mol. The van der Waals surface area contributed by atoms with Crippen molar-refractivity contribution in [1.29, 1.82) is 0 Å². The van der Waals surface area contributed by atoms with E-state index in [0.717, 1.165) is 32.3 Å². The van der Waals surface area contributed by atoms with E-state index in [2.05, 4.69) is 5.32 Å². The van der Waals surface area contributed by atoms with Crippen molar-refractivity contribution in [2.45, 2.75) is 43.9 Å². The average Bonchev–Trinajstić information content (AvgIpc) is 3.41. The lowest BCUT2D eigenvalue weighted by molar-refractivity contribution is -0.130. The molecule has 1 aliphatic carbocycles. The van der Waals surface area contributed by atoms with Gasteiger partial charge in [0, 0.05) is 18.2 Å². The van der Waals surface area contributed by atoms with Gasteiger partial charge in [-0.2, -0.15) is 0 Å². The predicted octanol–water partition coefficient (Wildman–Crippen LogP) is 3.42. The number of carbonyl (C=O) groups is 2. The van der Waals surface area contributed by atoms with Gasteiger partial charge in [-0.25, -0.2) is 4.79 Å². The van der Waals surface area contributed by atoms with Gasteiger partial charge in [-0.1, -0.05) is 30.3 Å². The number of amides is 1. The zero-order valence-electron chi connectivity index (χ0n) is 16.2. The Morgan fingerprint density at radius 3 is 2.45 bits per heavy atom. The Morgan fingerprint density at radius 1 is 1.03 bits per heavy atom. The molecule has 0 bridgehead atoms. The first kappa shape index (κ1) is 19.5. The summed E-state index contributed by atoms with van der Waals surface area (Å²) in [4.78, 5) is 25.3. The fourth-order valence-corrected chi connectivity index (χ4v) is 3.23. The van der Waals surface area contributed by atoms with Crippen molar-refractivity contribution in [2.24, 2.45) is 0 Å². The van der Waals surface area contributed by atoms with Gasteiger partial charge in [0.1, 0.15) is 12.4 Å². The molecule has 1 heterocycles. The van der Waals surface area contributed by atoms with Crippen molar-refractivity contribution >= 4 is 11.9 Å². The third-order valence-electron chi connectivity index (χ3n) is 5.04. The quantitative estimate of drug-likeness (QED) is 0.694. The van der Waals surface area contributed by atoms with Gasteiger partial charge in [-0.05, 0) is 49.9 Å². The monoisotopic (exact) mass is 395 g/mol. The highest BCUT2D eigenvalue weighted by molar-refractivity contribution is 5.93. The number of hydrogen-bond donors (Lipinski definition) is 1. The number of esters is 1. The highest BCUT2D eigenvalue weighted by Gasteiger charge is 2.31. The van der Waals surface area contributed by atoms with Gasteiger partial charge in [-0.15, -0.1) is 0 Å². The molecule has 0 aromatic heterocycles. The van der Waals surface area contributed by atoms with Crippen LogP contribution in [0.4, 0.5) is 0 Å². The molecule has 1 saturated carbocycles. The van der Waals surface area contributed by atoms with Crippen LogP contribution < -0.4 is 10.1 Å². The first-order valence-electron chi connectivity index (χ1n) is 10.1. The zero-order chi connectivity index (χ0) is 20.1. The normalized spacial score (nSPS) is 19.4. The number of rotatable bonds is 8. The van der Waals surface area contributed by atoms with Gasteiger partial charge < -0.3 is 19.5 Å². The molecule has 2 aromatic carbocycles. The van der Waals surface area contributed by atoms with Gasteiger partial charge in [0.25, 0.3) is 5.91 Å². The number of nitrogens with one attached hydrogen (secondary N) is 1. The summed E-state index contributed by atoms with van der Waals surface area (Å²) >= 11 is 0. The molecule has 1 N–H and O–H groups in total.